The molecular weight excluding hydrogens is 253 g/mol. The summed E-state index contributed by atoms with van der Waals surface area (Å²) in [6.07, 6.45) is -2.73. The number of nitrogens with one attached hydrogen (secondary N) is 1. The lowest BCUT2D eigenvalue weighted by molar-refractivity contribution is -0.138. The minimum Gasteiger partial charge on any atom is -0.314 e. The summed E-state index contributed by atoms with van der Waals surface area (Å²) in [7, 11) is 0. The van der Waals surface area contributed by atoms with Crippen LogP contribution in [0.25, 0.3) is 0 Å². The van der Waals surface area contributed by atoms with E-state index in [2.05, 4.69) is 11.9 Å². The maximum absolute atomic E-state index is 13.0. The lowest BCUT2D eigenvalue weighted by Gasteiger charge is -2.34. The fraction of sp³-hybridized carbons (Fsp3) is 0.429. The first kappa shape index (κ1) is 14.1. The Morgan fingerprint density at radius 1 is 1.21 bits per heavy atom. The van der Waals surface area contributed by atoms with Crippen molar-refractivity contribution in [3.63, 3.8) is 0 Å². The molecule has 1 aromatic carbocycles. The lowest BCUT2D eigenvalue weighted by Crippen LogP contribution is -2.45. The molecule has 0 amide bonds. The van der Waals surface area contributed by atoms with Gasteiger partial charge in [-0.25, -0.2) is 0 Å². The van der Waals surface area contributed by atoms with Crippen molar-refractivity contribution in [3.8, 4) is 0 Å². The van der Waals surface area contributed by atoms with E-state index in [1.54, 1.807) is 12.1 Å². The van der Waals surface area contributed by atoms with Crippen molar-refractivity contribution in [3.05, 3.63) is 48.0 Å². The molecule has 5 heteroatoms. The van der Waals surface area contributed by atoms with Crippen molar-refractivity contribution in [2.45, 2.75) is 12.2 Å². The standard InChI is InChI=1S/C14H17F3N2/c1-2-13(19-9-7-18-8-10-19)11-5-3-4-6-12(11)14(15,16)17/h2-6,13,18H,1,7-10H2/t13-/m1/s1. The van der Waals surface area contributed by atoms with Crippen molar-refractivity contribution >= 4 is 0 Å². The first-order valence-corrected chi connectivity index (χ1v) is 6.27. The number of rotatable bonds is 3. The van der Waals surface area contributed by atoms with Crippen LogP contribution in [0.4, 0.5) is 13.2 Å². The molecule has 1 N–H and O–H groups in total. The zero-order valence-corrected chi connectivity index (χ0v) is 10.6. The van der Waals surface area contributed by atoms with Crippen LogP contribution < -0.4 is 5.32 Å². The van der Waals surface area contributed by atoms with E-state index in [0.29, 0.717) is 0 Å². The minimum atomic E-state index is -4.33. The van der Waals surface area contributed by atoms with Crippen molar-refractivity contribution < 1.29 is 13.2 Å². The first-order valence-electron chi connectivity index (χ1n) is 6.27. The number of halogens is 3. The van der Waals surface area contributed by atoms with Gasteiger partial charge in [-0.2, -0.15) is 13.2 Å². The zero-order chi connectivity index (χ0) is 13.9. The molecule has 1 atom stereocenters. The monoisotopic (exact) mass is 270 g/mol. The van der Waals surface area contributed by atoms with Crippen LogP contribution in [-0.2, 0) is 6.18 Å². The van der Waals surface area contributed by atoms with Gasteiger partial charge >= 0.3 is 6.18 Å². The van der Waals surface area contributed by atoms with Gasteiger partial charge in [0.1, 0.15) is 0 Å². The summed E-state index contributed by atoms with van der Waals surface area (Å²) < 4.78 is 39.1. The van der Waals surface area contributed by atoms with Gasteiger partial charge in [-0.05, 0) is 11.6 Å². The maximum atomic E-state index is 13.0. The molecule has 1 aromatic rings. The molecule has 0 bridgehead atoms. The smallest absolute Gasteiger partial charge is 0.314 e. The topological polar surface area (TPSA) is 15.3 Å². The molecule has 0 unspecified atom stereocenters. The summed E-state index contributed by atoms with van der Waals surface area (Å²) in [5, 5.41) is 3.19. The van der Waals surface area contributed by atoms with Crippen LogP contribution >= 0.6 is 0 Å². The highest BCUT2D eigenvalue weighted by molar-refractivity contribution is 5.34. The summed E-state index contributed by atoms with van der Waals surface area (Å²) >= 11 is 0. The van der Waals surface area contributed by atoms with Gasteiger partial charge in [0.25, 0.3) is 0 Å². The minimum absolute atomic E-state index is 0.284. The average Bonchev–Trinajstić information content (AvgIpc) is 2.40. The largest absolute Gasteiger partial charge is 0.416 e. The summed E-state index contributed by atoms with van der Waals surface area (Å²) in [6.45, 7) is 6.74. The normalized spacial score (nSPS) is 19.1. The van der Waals surface area contributed by atoms with Crippen LogP contribution in [-0.4, -0.2) is 31.1 Å². The van der Waals surface area contributed by atoms with Crippen LogP contribution in [0.15, 0.2) is 36.9 Å². The van der Waals surface area contributed by atoms with Crippen molar-refractivity contribution in [2.75, 3.05) is 26.2 Å². The molecule has 19 heavy (non-hydrogen) atoms. The predicted molar refractivity (Wildman–Crippen MR) is 68.8 cm³/mol. The van der Waals surface area contributed by atoms with E-state index >= 15 is 0 Å². The van der Waals surface area contributed by atoms with E-state index in [4.69, 9.17) is 0 Å². The third-order valence-corrected chi connectivity index (χ3v) is 3.35. The number of alkyl halides is 3. The molecule has 1 heterocycles. The number of nitrogens with zero attached hydrogens (tertiary/aromatic N) is 1. The van der Waals surface area contributed by atoms with Gasteiger partial charge in [-0.1, -0.05) is 24.3 Å². The number of benzene rings is 1. The Kier molecular flexibility index (Phi) is 4.27. The van der Waals surface area contributed by atoms with Crippen LogP contribution in [0.1, 0.15) is 17.2 Å². The quantitative estimate of drug-likeness (QED) is 0.850. The van der Waals surface area contributed by atoms with Crippen LogP contribution in [0.2, 0.25) is 0 Å². The molecule has 0 aliphatic carbocycles. The fourth-order valence-corrected chi connectivity index (χ4v) is 2.45. The third-order valence-electron chi connectivity index (χ3n) is 3.35. The highest BCUT2D eigenvalue weighted by atomic mass is 19.4. The van der Waals surface area contributed by atoms with Gasteiger partial charge in [0.2, 0.25) is 0 Å². The summed E-state index contributed by atoms with van der Waals surface area (Å²) in [6, 6.07) is 5.35. The number of hydrogen-bond acceptors (Lipinski definition) is 2. The first-order chi connectivity index (χ1) is 9.04. The van der Waals surface area contributed by atoms with Crippen LogP contribution in [0.5, 0.6) is 0 Å². The van der Waals surface area contributed by atoms with E-state index < -0.39 is 11.7 Å². The summed E-state index contributed by atoms with van der Waals surface area (Å²) in [4.78, 5) is 2.02. The lowest BCUT2D eigenvalue weighted by atomic mass is 9.98. The number of piperazine rings is 1. The third kappa shape index (κ3) is 3.16. The van der Waals surface area contributed by atoms with Gasteiger partial charge in [0.05, 0.1) is 11.6 Å². The van der Waals surface area contributed by atoms with Gasteiger partial charge in [0.15, 0.2) is 0 Å². The molecule has 0 spiro atoms. The second kappa shape index (κ2) is 5.75. The average molecular weight is 270 g/mol. The summed E-state index contributed by atoms with van der Waals surface area (Å²) in [5.74, 6) is 0. The molecule has 0 radical (unpaired) electrons. The Bertz CT molecular complexity index is 437. The molecule has 0 saturated carbocycles. The van der Waals surface area contributed by atoms with E-state index in [0.717, 1.165) is 32.2 Å². The zero-order valence-electron chi connectivity index (χ0n) is 10.6. The SMILES string of the molecule is C=C[C@H](c1ccccc1C(F)(F)F)N1CCNCC1. The van der Waals surface area contributed by atoms with E-state index in [-0.39, 0.29) is 11.6 Å². The van der Waals surface area contributed by atoms with Gasteiger partial charge in [-0.15, -0.1) is 6.58 Å². The molecule has 0 aromatic heterocycles. The molecule has 1 fully saturated rings. The van der Waals surface area contributed by atoms with Gasteiger partial charge in [0, 0.05) is 26.2 Å². The van der Waals surface area contributed by atoms with Crippen LogP contribution in [0.3, 0.4) is 0 Å². The van der Waals surface area contributed by atoms with Crippen molar-refractivity contribution in [1.82, 2.24) is 10.2 Å². The summed E-state index contributed by atoms with van der Waals surface area (Å²) in [5.41, 5.74) is -0.287. The van der Waals surface area contributed by atoms with E-state index in [1.165, 1.54) is 12.1 Å². The van der Waals surface area contributed by atoms with E-state index in [1.807, 2.05) is 4.90 Å². The van der Waals surface area contributed by atoms with Gasteiger partial charge < -0.3 is 5.32 Å². The second-order valence-electron chi connectivity index (χ2n) is 4.55. The molecule has 2 rings (SSSR count). The predicted octanol–water partition coefficient (Wildman–Crippen LogP) is 2.84. The highest BCUT2D eigenvalue weighted by Crippen LogP contribution is 2.36. The maximum Gasteiger partial charge on any atom is 0.416 e. The Balaban J connectivity index is 2.35. The van der Waals surface area contributed by atoms with Crippen molar-refractivity contribution in [2.24, 2.45) is 0 Å². The molecular formula is C14H17F3N2. The Hall–Kier alpha value is -1.33. The van der Waals surface area contributed by atoms with E-state index in [9.17, 15) is 13.2 Å². The van der Waals surface area contributed by atoms with Gasteiger partial charge in [-0.3, -0.25) is 4.90 Å². The highest BCUT2D eigenvalue weighted by Gasteiger charge is 2.35. The molecule has 1 aliphatic rings. The fourth-order valence-electron chi connectivity index (χ4n) is 2.45. The second-order valence-corrected chi connectivity index (χ2v) is 4.55. The molecule has 2 nitrogen and oxygen atoms in total. The Morgan fingerprint density at radius 2 is 1.84 bits per heavy atom. The van der Waals surface area contributed by atoms with Crippen LogP contribution in [0, 0.1) is 0 Å². The Labute approximate surface area is 110 Å². The molecule has 1 aliphatic heterocycles. The Morgan fingerprint density at radius 3 is 2.42 bits per heavy atom. The molecule has 1 saturated heterocycles. The number of hydrogen-bond donors (Lipinski definition) is 1. The molecule has 104 valence electrons. The van der Waals surface area contributed by atoms with Crippen molar-refractivity contribution in [1.29, 1.82) is 0 Å².